The van der Waals surface area contributed by atoms with Gasteiger partial charge in [0.2, 0.25) is 0 Å². The number of carboxylic acid groups (broad SMARTS) is 3. The van der Waals surface area contributed by atoms with Gasteiger partial charge in [0.25, 0.3) is 0 Å². The van der Waals surface area contributed by atoms with Crippen molar-refractivity contribution in [3.8, 4) is 0 Å². The maximum atomic E-state index is 10.6. The second-order valence-corrected chi connectivity index (χ2v) is 6.70. The van der Waals surface area contributed by atoms with Gasteiger partial charge in [-0.25, -0.2) is 14.4 Å². The molecule has 1 fully saturated rings. The summed E-state index contributed by atoms with van der Waals surface area (Å²) in [6, 6.07) is 0. The molecule has 10 heteroatoms. The van der Waals surface area contributed by atoms with Crippen molar-refractivity contribution < 1.29 is 49.4 Å². The van der Waals surface area contributed by atoms with E-state index in [0.29, 0.717) is 26.4 Å². The van der Waals surface area contributed by atoms with E-state index < -0.39 is 17.9 Å². The van der Waals surface area contributed by atoms with Gasteiger partial charge in [-0.2, -0.15) is 0 Å². The largest absolute Gasteiger partial charge is 0.478 e. The molecule has 32 heavy (non-hydrogen) atoms. The second kappa shape index (κ2) is 23.1. The van der Waals surface area contributed by atoms with Crippen LogP contribution < -0.4 is 0 Å². The van der Waals surface area contributed by atoms with Crippen molar-refractivity contribution in [1.29, 1.82) is 0 Å². The zero-order valence-electron chi connectivity index (χ0n) is 18.8. The third kappa shape index (κ3) is 23.7. The Morgan fingerprint density at radius 3 is 1.50 bits per heavy atom. The molecule has 0 aromatic carbocycles. The number of ether oxygens (including phenoxy) is 2. The molecular formula is C22H38O10. The molecule has 0 saturated carbocycles. The topological polar surface area (TPSA) is 171 Å². The number of aliphatic carboxylic acids is 3. The number of hydrogen-bond acceptors (Lipinski definition) is 7. The van der Waals surface area contributed by atoms with Gasteiger partial charge >= 0.3 is 17.9 Å². The van der Waals surface area contributed by atoms with Gasteiger partial charge in [0.15, 0.2) is 0 Å². The van der Waals surface area contributed by atoms with Crippen molar-refractivity contribution in [2.24, 2.45) is 5.41 Å². The summed E-state index contributed by atoms with van der Waals surface area (Å²) in [4.78, 5) is 29.1. The summed E-state index contributed by atoms with van der Waals surface area (Å²) in [6.07, 6.45) is 6.76. The SMILES string of the molecule is C=C(CC1(CC)COCOC1)C(=O)O.C=CC(=O)O.C=CC(=O)O.OCCCCCCO. The molecule has 186 valence electrons. The van der Waals surface area contributed by atoms with Crippen LogP contribution in [0.25, 0.3) is 0 Å². The fraction of sp³-hybridized carbons (Fsp3) is 0.591. The lowest BCUT2D eigenvalue weighted by Gasteiger charge is -2.35. The van der Waals surface area contributed by atoms with E-state index in [1.54, 1.807) is 0 Å². The van der Waals surface area contributed by atoms with Gasteiger partial charge < -0.3 is 35.0 Å². The Kier molecular flexibility index (Phi) is 24.7. The first-order chi connectivity index (χ1) is 15.0. The second-order valence-electron chi connectivity index (χ2n) is 6.70. The number of hydrogen-bond donors (Lipinski definition) is 5. The third-order valence-corrected chi connectivity index (χ3v) is 4.04. The summed E-state index contributed by atoms with van der Waals surface area (Å²) in [6.45, 7) is 13.4. The van der Waals surface area contributed by atoms with Crippen LogP contribution in [0.4, 0.5) is 0 Å². The van der Waals surface area contributed by atoms with E-state index in [4.69, 9.17) is 35.0 Å². The smallest absolute Gasteiger partial charge is 0.330 e. The summed E-state index contributed by atoms with van der Waals surface area (Å²) in [5, 5.41) is 40.6. The van der Waals surface area contributed by atoms with Crippen molar-refractivity contribution >= 4 is 17.9 Å². The number of aliphatic hydroxyl groups is 2. The molecule has 0 atom stereocenters. The maximum absolute atomic E-state index is 10.6. The third-order valence-electron chi connectivity index (χ3n) is 4.04. The molecule has 0 radical (unpaired) electrons. The first-order valence-electron chi connectivity index (χ1n) is 10.0. The molecule has 0 aromatic rings. The van der Waals surface area contributed by atoms with Gasteiger partial charge in [0, 0.05) is 36.4 Å². The molecule has 1 saturated heterocycles. The van der Waals surface area contributed by atoms with Gasteiger partial charge in [0.1, 0.15) is 6.79 Å². The molecule has 0 unspecified atom stereocenters. The zero-order valence-corrected chi connectivity index (χ0v) is 18.8. The first-order valence-corrected chi connectivity index (χ1v) is 10.0. The molecule has 0 spiro atoms. The van der Waals surface area contributed by atoms with E-state index in [2.05, 4.69) is 19.7 Å². The van der Waals surface area contributed by atoms with Crippen LogP contribution in [0.15, 0.2) is 37.5 Å². The molecule has 0 aliphatic carbocycles. The van der Waals surface area contributed by atoms with Crippen molar-refractivity contribution in [3.63, 3.8) is 0 Å². The predicted octanol–water partition coefficient (Wildman–Crippen LogP) is 2.46. The average Bonchev–Trinajstić information content (AvgIpc) is 2.78. The predicted molar refractivity (Wildman–Crippen MR) is 119 cm³/mol. The molecule has 1 aliphatic heterocycles. The quantitative estimate of drug-likeness (QED) is 0.227. The number of unbranched alkanes of at least 4 members (excludes halogenated alkanes) is 3. The Morgan fingerprint density at radius 1 is 0.875 bits per heavy atom. The molecule has 0 bridgehead atoms. The van der Waals surface area contributed by atoms with E-state index in [1.165, 1.54) is 0 Å². The number of carbonyl (C=O) groups is 3. The highest BCUT2D eigenvalue weighted by Gasteiger charge is 2.33. The molecular weight excluding hydrogens is 424 g/mol. The normalized spacial score (nSPS) is 13.3. The van der Waals surface area contributed by atoms with Crippen LogP contribution in [0.5, 0.6) is 0 Å². The summed E-state index contributed by atoms with van der Waals surface area (Å²) < 4.78 is 10.4. The highest BCUT2D eigenvalue weighted by Crippen LogP contribution is 2.32. The zero-order chi connectivity index (χ0) is 25.4. The van der Waals surface area contributed by atoms with Crippen LogP contribution in [-0.4, -0.2) is 76.7 Å². The minimum atomic E-state index is -0.981. The van der Waals surface area contributed by atoms with E-state index in [1.807, 2.05) is 6.92 Å². The molecule has 1 heterocycles. The minimum Gasteiger partial charge on any atom is -0.478 e. The van der Waals surface area contributed by atoms with Crippen molar-refractivity contribution in [1.82, 2.24) is 0 Å². The summed E-state index contributed by atoms with van der Waals surface area (Å²) in [5.74, 6) is -2.90. The summed E-state index contributed by atoms with van der Waals surface area (Å²) >= 11 is 0. The Hall–Kier alpha value is -2.53. The Morgan fingerprint density at radius 2 is 1.25 bits per heavy atom. The summed E-state index contributed by atoms with van der Waals surface area (Å²) in [5.41, 5.74) is 0.0224. The van der Waals surface area contributed by atoms with Crippen LogP contribution in [0.3, 0.4) is 0 Å². The van der Waals surface area contributed by atoms with E-state index in [-0.39, 0.29) is 24.2 Å². The minimum absolute atomic E-state index is 0.201. The number of aliphatic hydroxyl groups excluding tert-OH is 2. The van der Waals surface area contributed by atoms with E-state index >= 15 is 0 Å². The molecule has 10 nitrogen and oxygen atoms in total. The average molecular weight is 463 g/mol. The van der Waals surface area contributed by atoms with Crippen molar-refractivity contribution in [2.75, 3.05) is 33.2 Å². The van der Waals surface area contributed by atoms with Gasteiger partial charge in [-0.15, -0.1) is 0 Å². The van der Waals surface area contributed by atoms with Crippen LogP contribution in [0.2, 0.25) is 0 Å². The Labute approximate surface area is 189 Å². The molecule has 1 aliphatic rings. The Bertz CT molecular complexity index is 527. The maximum Gasteiger partial charge on any atom is 0.330 e. The lowest BCUT2D eigenvalue weighted by atomic mass is 9.80. The number of carboxylic acids is 3. The first kappa shape index (κ1) is 34.1. The van der Waals surface area contributed by atoms with Crippen LogP contribution in [0.1, 0.15) is 45.4 Å². The van der Waals surface area contributed by atoms with E-state index in [0.717, 1.165) is 44.3 Å². The fourth-order valence-corrected chi connectivity index (χ4v) is 2.15. The van der Waals surface area contributed by atoms with Crippen LogP contribution in [-0.2, 0) is 23.9 Å². The van der Waals surface area contributed by atoms with Crippen molar-refractivity contribution in [2.45, 2.75) is 45.4 Å². The Balaban J connectivity index is -0.000000396. The molecule has 1 rings (SSSR count). The molecule has 0 amide bonds. The summed E-state index contributed by atoms with van der Waals surface area (Å²) in [7, 11) is 0. The highest BCUT2D eigenvalue weighted by molar-refractivity contribution is 5.85. The van der Waals surface area contributed by atoms with Crippen LogP contribution in [0, 0.1) is 5.41 Å². The molecule has 0 aromatic heterocycles. The standard InChI is InChI=1S/C10H16O4.C6H14O2.2C3H4O2/c1-3-10(4-8(2)9(11)12)5-13-7-14-6-10;7-5-3-1-2-4-6-8;2*1-2-3(4)5/h2-7H2,1H3,(H,11,12);7-8H,1-6H2;2*2H,1H2,(H,4,5). The van der Waals surface area contributed by atoms with E-state index in [9.17, 15) is 14.4 Å². The van der Waals surface area contributed by atoms with Crippen molar-refractivity contribution in [3.05, 3.63) is 37.5 Å². The molecule has 5 N–H and O–H groups in total. The number of rotatable bonds is 11. The lowest BCUT2D eigenvalue weighted by Crippen LogP contribution is -2.37. The highest BCUT2D eigenvalue weighted by atomic mass is 16.7. The van der Waals surface area contributed by atoms with Gasteiger partial charge in [-0.1, -0.05) is 39.5 Å². The van der Waals surface area contributed by atoms with Gasteiger partial charge in [0.05, 0.1) is 13.2 Å². The van der Waals surface area contributed by atoms with Gasteiger partial charge in [-0.3, -0.25) is 0 Å². The fourth-order valence-electron chi connectivity index (χ4n) is 2.15. The van der Waals surface area contributed by atoms with Gasteiger partial charge in [-0.05, 0) is 25.7 Å². The lowest BCUT2D eigenvalue weighted by molar-refractivity contribution is -0.166. The monoisotopic (exact) mass is 462 g/mol. The van der Waals surface area contributed by atoms with Crippen LogP contribution >= 0.6 is 0 Å².